The third-order valence-corrected chi connectivity index (χ3v) is 3.83. The van der Waals surface area contributed by atoms with Gasteiger partial charge in [0.15, 0.2) is 0 Å². The Labute approximate surface area is 116 Å². The molecular formula is C12H18N6S. The van der Waals surface area contributed by atoms with Gasteiger partial charge in [-0.15, -0.1) is 0 Å². The summed E-state index contributed by atoms with van der Waals surface area (Å²) in [4.78, 5) is 8.53. The van der Waals surface area contributed by atoms with E-state index in [2.05, 4.69) is 34.3 Å². The number of hydrogen-bond acceptors (Lipinski definition) is 6. The van der Waals surface area contributed by atoms with E-state index in [0.717, 1.165) is 21.3 Å². The van der Waals surface area contributed by atoms with Gasteiger partial charge in [0.25, 0.3) is 0 Å². The quantitative estimate of drug-likeness (QED) is 0.506. The number of hydrazine groups is 1. The highest BCUT2D eigenvalue weighted by atomic mass is 32.2. The van der Waals surface area contributed by atoms with E-state index in [4.69, 9.17) is 5.84 Å². The van der Waals surface area contributed by atoms with E-state index >= 15 is 0 Å². The predicted molar refractivity (Wildman–Crippen MR) is 76.0 cm³/mol. The smallest absolute Gasteiger partial charge is 0.147 e. The van der Waals surface area contributed by atoms with Gasteiger partial charge in [0.2, 0.25) is 0 Å². The normalized spacial score (nSPS) is 11.1. The molecule has 6 nitrogen and oxygen atoms in total. The van der Waals surface area contributed by atoms with E-state index in [1.165, 1.54) is 6.33 Å². The van der Waals surface area contributed by atoms with Crippen LogP contribution in [0.1, 0.15) is 31.0 Å². The third-order valence-electron chi connectivity index (χ3n) is 2.72. The molecule has 0 atom stereocenters. The number of nitrogens with two attached hydrogens (primary N) is 1. The predicted octanol–water partition coefficient (Wildman–Crippen LogP) is 2.08. The Morgan fingerprint density at radius 2 is 2.11 bits per heavy atom. The molecule has 0 saturated carbocycles. The van der Waals surface area contributed by atoms with Crippen molar-refractivity contribution in [3.63, 3.8) is 0 Å². The highest BCUT2D eigenvalue weighted by molar-refractivity contribution is 7.99. The van der Waals surface area contributed by atoms with Crippen LogP contribution in [0.5, 0.6) is 0 Å². The minimum absolute atomic E-state index is 0.282. The summed E-state index contributed by atoms with van der Waals surface area (Å²) in [5.41, 5.74) is 4.65. The molecular weight excluding hydrogens is 260 g/mol. The van der Waals surface area contributed by atoms with Crippen molar-refractivity contribution in [3.8, 4) is 0 Å². The average molecular weight is 278 g/mol. The van der Waals surface area contributed by atoms with Crippen LogP contribution in [0.2, 0.25) is 0 Å². The third kappa shape index (κ3) is 2.87. The SMILES string of the molecule is Cc1cc(Sc2ncnc(NN)c2C(C)C)n(C)n1. The molecule has 0 radical (unpaired) electrons. The van der Waals surface area contributed by atoms with E-state index in [0.29, 0.717) is 5.82 Å². The second-order valence-corrected chi connectivity index (χ2v) is 5.60. The number of aromatic nitrogens is 4. The number of anilines is 1. The van der Waals surface area contributed by atoms with Crippen LogP contribution in [0, 0.1) is 6.92 Å². The number of hydrogen-bond donors (Lipinski definition) is 2. The standard InChI is InChI=1S/C12H18N6S/c1-7(2)10-11(16-13)14-6-15-12(10)19-9-5-8(3)17-18(9)4/h5-7H,13H2,1-4H3,(H,14,15,16). The fraction of sp³-hybridized carbons (Fsp3) is 0.417. The van der Waals surface area contributed by atoms with Crippen molar-refractivity contribution < 1.29 is 0 Å². The zero-order valence-corrected chi connectivity index (χ0v) is 12.3. The van der Waals surface area contributed by atoms with E-state index < -0.39 is 0 Å². The number of nitrogen functional groups attached to an aromatic ring is 1. The molecule has 0 unspecified atom stereocenters. The molecule has 0 spiro atoms. The summed E-state index contributed by atoms with van der Waals surface area (Å²) in [6.07, 6.45) is 1.52. The van der Waals surface area contributed by atoms with E-state index in [9.17, 15) is 0 Å². The van der Waals surface area contributed by atoms with Crippen LogP contribution in [-0.2, 0) is 7.05 Å². The lowest BCUT2D eigenvalue weighted by Gasteiger charge is -2.14. The molecule has 102 valence electrons. The Kier molecular flexibility index (Phi) is 4.06. The maximum Gasteiger partial charge on any atom is 0.147 e. The minimum Gasteiger partial charge on any atom is -0.308 e. The molecule has 2 aromatic rings. The van der Waals surface area contributed by atoms with Gasteiger partial charge in [-0.25, -0.2) is 15.8 Å². The molecule has 3 N–H and O–H groups in total. The van der Waals surface area contributed by atoms with Gasteiger partial charge < -0.3 is 5.43 Å². The first-order valence-corrected chi connectivity index (χ1v) is 6.84. The monoisotopic (exact) mass is 278 g/mol. The Hall–Kier alpha value is -1.60. The molecule has 2 heterocycles. The first-order valence-electron chi connectivity index (χ1n) is 6.03. The molecule has 0 amide bonds. The Bertz CT molecular complexity index is 578. The number of nitrogens with zero attached hydrogens (tertiary/aromatic N) is 4. The number of aryl methyl sites for hydroxylation is 2. The zero-order valence-electron chi connectivity index (χ0n) is 11.5. The van der Waals surface area contributed by atoms with Crippen LogP contribution < -0.4 is 11.3 Å². The highest BCUT2D eigenvalue weighted by Gasteiger charge is 2.16. The van der Waals surface area contributed by atoms with Gasteiger partial charge in [0, 0.05) is 12.6 Å². The van der Waals surface area contributed by atoms with Crippen LogP contribution in [0.25, 0.3) is 0 Å². The minimum atomic E-state index is 0.282. The van der Waals surface area contributed by atoms with Crippen LogP contribution in [0.4, 0.5) is 5.82 Å². The first kappa shape index (κ1) is 13.8. The molecule has 0 saturated heterocycles. The van der Waals surface area contributed by atoms with Crippen molar-refractivity contribution in [2.75, 3.05) is 5.43 Å². The van der Waals surface area contributed by atoms with E-state index in [-0.39, 0.29) is 5.92 Å². The van der Waals surface area contributed by atoms with Crippen molar-refractivity contribution >= 4 is 17.6 Å². The molecule has 0 bridgehead atoms. The van der Waals surface area contributed by atoms with Crippen LogP contribution in [-0.4, -0.2) is 19.7 Å². The van der Waals surface area contributed by atoms with Crippen molar-refractivity contribution in [1.29, 1.82) is 0 Å². The summed E-state index contributed by atoms with van der Waals surface area (Å²) < 4.78 is 1.85. The molecule has 0 aliphatic rings. The Balaban J connectivity index is 2.42. The Morgan fingerprint density at radius 1 is 1.37 bits per heavy atom. The number of rotatable bonds is 4. The molecule has 19 heavy (non-hydrogen) atoms. The topological polar surface area (TPSA) is 81.6 Å². The second-order valence-electron chi connectivity index (χ2n) is 4.59. The van der Waals surface area contributed by atoms with Crippen molar-refractivity contribution in [1.82, 2.24) is 19.7 Å². The summed E-state index contributed by atoms with van der Waals surface area (Å²) in [5.74, 6) is 6.47. The molecule has 0 aromatic carbocycles. The summed E-state index contributed by atoms with van der Waals surface area (Å²) in [5, 5.41) is 6.28. The molecule has 7 heteroatoms. The summed E-state index contributed by atoms with van der Waals surface area (Å²) in [7, 11) is 1.92. The molecule has 2 rings (SSSR count). The van der Waals surface area contributed by atoms with Crippen molar-refractivity contribution in [2.45, 2.75) is 36.7 Å². The Morgan fingerprint density at radius 3 is 2.63 bits per heavy atom. The van der Waals surface area contributed by atoms with E-state index in [1.807, 2.05) is 24.7 Å². The second kappa shape index (κ2) is 5.58. The summed E-state index contributed by atoms with van der Waals surface area (Å²) >= 11 is 1.57. The zero-order chi connectivity index (χ0) is 14.0. The molecule has 0 fully saturated rings. The van der Waals surface area contributed by atoms with Gasteiger partial charge >= 0.3 is 0 Å². The fourth-order valence-corrected chi connectivity index (χ4v) is 3.02. The molecule has 2 aromatic heterocycles. The van der Waals surface area contributed by atoms with Gasteiger partial charge in [0.05, 0.1) is 5.69 Å². The van der Waals surface area contributed by atoms with Crippen molar-refractivity contribution in [2.24, 2.45) is 12.9 Å². The van der Waals surface area contributed by atoms with E-state index in [1.54, 1.807) is 11.8 Å². The maximum atomic E-state index is 5.52. The summed E-state index contributed by atoms with van der Waals surface area (Å²) in [6.45, 7) is 6.16. The molecule has 0 aliphatic heterocycles. The van der Waals surface area contributed by atoms with Crippen LogP contribution >= 0.6 is 11.8 Å². The van der Waals surface area contributed by atoms with Gasteiger partial charge in [-0.3, -0.25) is 4.68 Å². The fourth-order valence-electron chi connectivity index (χ4n) is 1.88. The largest absolute Gasteiger partial charge is 0.308 e. The molecule has 0 aliphatic carbocycles. The first-order chi connectivity index (χ1) is 9.02. The average Bonchev–Trinajstić information content (AvgIpc) is 2.67. The van der Waals surface area contributed by atoms with Gasteiger partial charge in [-0.2, -0.15) is 5.10 Å². The maximum absolute atomic E-state index is 5.52. The van der Waals surface area contributed by atoms with Crippen LogP contribution in [0.3, 0.4) is 0 Å². The van der Waals surface area contributed by atoms with Gasteiger partial charge in [-0.1, -0.05) is 13.8 Å². The number of nitrogens with one attached hydrogen (secondary N) is 1. The lowest BCUT2D eigenvalue weighted by atomic mass is 10.1. The van der Waals surface area contributed by atoms with Crippen molar-refractivity contribution in [3.05, 3.63) is 23.7 Å². The lowest BCUT2D eigenvalue weighted by molar-refractivity contribution is 0.691. The van der Waals surface area contributed by atoms with Gasteiger partial charge in [0.1, 0.15) is 22.2 Å². The summed E-state index contributed by atoms with van der Waals surface area (Å²) in [6, 6.07) is 2.03. The highest BCUT2D eigenvalue weighted by Crippen LogP contribution is 2.35. The van der Waals surface area contributed by atoms with Gasteiger partial charge in [-0.05, 0) is 30.7 Å². The lowest BCUT2D eigenvalue weighted by Crippen LogP contribution is -2.13. The van der Waals surface area contributed by atoms with Crippen LogP contribution in [0.15, 0.2) is 22.4 Å².